The molecule has 1 aliphatic heterocycles. The highest BCUT2D eigenvalue weighted by atomic mass is 16.3. The second-order valence-corrected chi connectivity index (χ2v) is 7.20. The molecule has 1 fully saturated rings. The van der Waals surface area contributed by atoms with E-state index in [1.165, 1.54) is 0 Å². The summed E-state index contributed by atoms with van der Waals surface area (Å²) < 4.78 is 5.86. The summed E-state index contributed by atoms with van der Waals surface area (Å²) >= 11 is 0. The molecule has 0 unspecified atom stereocenters. The lowest BCUT2D eigenvalue weighted by molar-refractivity contribution is 0.0651. The zero-order chi connectivity index (χ0) is 18.8. The van der Waals surface area contributed by atoms with E-state index in [4.69, 9.17) is 4.42 Å². The third-order valence-electron chi connectivity index (χ3n) is 5.31. The third-order valence-corrected chi connectivity index (χ3v) is 5.31. The molecule has 1 amide bonds. The molecule has 0 aliphatic carbocycles. The summed E-state index contributed by atoms with van der Waals surface area (Å²) in [6.45, 7) is 8.04. The number of hydrogen-bond acceptors (Lipinski definition) is 3. The molecule has 2 aromatic rings. The Morgan fingerprint density at radius 1 is 1.23 bits per heavy atom. The Bertz CT molecular complexity index is 815. The van der Waals surface area contributed by atoms with Crippen LogP contribution in [0.3, 0.4) is 0 Å². The van der Waals surface area contributed by atoms with Gasteiger partial charge in [0, 0.05) is 17.8 Å². The molecule has 0 saturated carbocycles. The number of nitrogens with one attached hydrogen (secondary N) is 1. The number of amides is 1. The number of aromatic nitrogens is 1. The van der Waals surface area contributed by atoms with Gasteiger partial charge in [-0.1, -0.05) is 19.8 Å². The van der Waals surface area contributed by atoms with Crippen LogP contribution in [0.4, 0.5) is 0 Å². The van der Waals surface area contributed by atoms with Gasteiger partial charge in [-0.3, -0.25) is 9.59 Å². The minimum atomic E-state index is -0.0483. The molecule has 5 nitrogen and oxygen atoms in total. The molecule has 1 N–H and O–H groups in total. The van der Waals surface area contributed by atoms with Gasteiger partial charge in [-0.15, -0.1) is 0 Å². The normalized spacial score (nSPS) is 18.0. The summed E-state index contributed by atoms with van der Waals surface area (Å²) in [5, 5.41) is 0. The Labute approximate surface area is 154 Å². The standard InChI is InChI=1S/C21H28N2O3/c1-5-16-19(15(4)24)14(3)22-20(16)21(25)23-12-8-6-7-9-17(23)18-11-10-13(2)26-18/h10-11,17,22H,5-9,12H2,1-4H3/t17-/m0/s1. The lowest BCUT2D eigenvalue weighted by atomic mass is 10.0. The van der Waals surface area contributed by atoms with Crippen LogP contribution in [0.25, 0.3) is 0 Å². The van der Waals surface area contributed by atoms with Crippen molar-refractivity contribution in [3.8, 4) is 0 Å². The Kier molecular flexibility index (Phi) is 5.35. The van der Waals surface area contributed by atoms with Crippen LogP contribution < -0.4 is 0 Å². The fraction of sp³-hybridized carbons (Fsp3) is 0.524. The summed E-state index contributed by atoms with van der Waals surface area (Å²) in [5.74, 6) is 1.69. The average molecular weight is 356 g/mol. The lowest BCUT2D eigenvalue weighted by Gasteiger charge is -2.28. The molecular formula is C21H28N2O3. The van der Waals surface area contributed by atoms with Crippen molar-refractivity contribution in [2.75, 3.05) is 6.54 Å². The molecule has 2 aromatic heterocycles. The van der Waals surface area contributed by atoms with Gasteiger partial charge in [0.15, 0.2) is 5.78 Å². The van der Waals surface area contributed by atoms with Gasteiger partial charge in [0.1, 0.15) is 17.2 Å². The van der Waals surface area contributed by atoms with Crippen molar-refractivity contribution >= 4 is 11.7 Å². The van der Waals surface area contributed by atoms with E-state index in [2.05, 4.69) is 4.98 Å². The number of aromatic amines is 1. The second kappa shape index (κ2) is 7.52. The van der Waals surface area contributed by atoms with Crippen LogP contribution in [0, 0.1) is 13.8 Å². The monoisotopic (exact) mass is 356 g/mol. The van der Waals surface area contributed by atoms with Crippen molar-refractivity contribution in [3.63, 3.8) is 0 Å². The number of Topliss-reactive ketones (excluding diaryl/α,β-unsaturated/α-hetero) is 1. The van der Waals surface area contributed by atoms with Gasteiger partial charge in [0.25, 0.3) is 5.91 Å². The molecule has 0 bridgehead atoms. The highest BCUT2D eigenvalue weighted by molar-refractivity contribution is 6.02. The van der Waals surface area contributed by atoms with Gasteiger partial charge in [0.2, 0.25) is 0 Å². The molecule has 26 heavy (non-hydrogen) atoms. The Balaban J connectivity index is 2.01. The quantitative estimate of drug-likeness (QED) is 0.804. The highest BCUT2D eigenvalue weighted by Crippen LogP contribution is 2.33. The fourth-order valence-electron chi connectivity index (χ4n) is 4.11. The first-order chi connectivity index (χ1) is 12.4. The van der Waals surface area contributed by atoms with E-state index in [0.717, 1.165) is 48.5 Å². The minimum Gasteiger partial charge on any atom is -0.464 e. The van der Waals surface area contributed by atoms with E-state index in [0.29, 0.717) is 24.2 Å². The van der Waals surface area contributed by atoms with Gasteiger partial charge in [-0.25, -0.2) is 0 Å². The van der Waals surface area contributed by atoms with E-state index in [9.17, 15) is 9.59 Å². The summed E-state index contributed by atoms with van der Waals surface area (Å²) in [7, 11) is 0. The first-order valence-corrected chi connectivity index (χ1v) is 9.53. The van der Waals surface area contributed by atoms with E-state index in [1.54, 1.807) is 6.92 Å². The smallest absolute Gasteiger partial charge is 0.271 e. The summed E-state index contributed by atoms with van der Waals surface area (Å²) in [6, 6.07) is 3.88. The number of hydrogen-bond donors (Lipinski definition) is 1. The zero-order valence-corrected chi connectivity index (χ0v) is 16.1. The van der Waals surface area contributed by atoms with Gasteiger partial charge >= 0.3 is 0 Å². The largest absolute Gasteiger partial charge is 0.464 e. The predicted octanol–water partition coefficient (Wildman–Crippen LogP) is 4.75. The van der Waals surface area contributed by atoms with Crippen LogP contribution >= 0.6 is 0 Å². The zero-order valence-electron chi connectivity index (χ0n) is 16.1. The number of ketones is 1. The van der Waals surface area contributed by atoms with Gasteiger partial charge < -0.3 is 14.3 Å². The molecular weight excluding hydrogens is 328 g/mol. The number of H-pyrrole nitrogens is 1. The van der Waals surface area contributed by atoms with Crippen LogP contribution in [-0.2, 0) is 6.42 Å². The maximum absolute atomic E-state index is 13.5. The summed E-state index contributed by atoms with van der Waals surface area (Å²) in [6.07, 6.45) is 4.74. The number of rotatable bonds is 4. The van der Waals surface area contributed by atoms with Crippen molar-refractivity contribution in [1.29, 1.82) is 0 Å². The molecule has 1 saturated heterocycles. The molecule has 1 aliphatic rings. The molecule has 3 heterocycles. The molecule has 140 valence electrons. The highest BCUT2D eigenvalue weighted by Gasteiger charge is 2.32. The Morgan fingerprint density at radius 3 is 2.62 bits per heavy atom. The van der Waals surface area contributed by atoms with Gasteiger partial charge in [-0.2, -0.15) is 0 Å². The van der Waals surface area contributed by atoms with Gasteiger partial charge in [0.05, 0.1) is 6.04 Å². The number of nitrogens with zero attached hydrogens (tertiary/aromatic N) is 1. The summed E-state index contributed by atoms with van der Waals surface area (Å²) in [4.78, 5) is 30.6. The Hall–Kier alpha value is -2.30. The number of aryl methyl sites for hydroxylation is 2. The van der Waals surface area contributed by atoms with Crippen molar-refractivity contribution in [2.24, 2.45) is 0 Å². The van der Waals surface area contributed by atoms with Crippen molar-refractivity contribution < 1.29 is 14.0 Å². The molecule has 1 atom stereocenters. The number of carbonyl (C=O) groups excluding carboxylic acids is 2. The van der Waals surface area contributed by atoms with Crippen molar-refractivity contribution in [3.05, 3.63) is 46.2 Å². The number of furan rings is 1. The average Bonchev–Trinajstić information content (AvgIpc) is 3.08. The lowest BCUT2D eigenvalue weighted by Crippen LogP contribution is -2.35. The third kappa shape index (κ3) is 3.35. The fourth-order valence-corrected chi connectivity index (χ4v) is 4.11. The van der Waals surface area contributed by atoms with Crippen LogP contribution in [0.2, 0.25) is 0 Å². The first-order valence-electron chi connectivity index (χ1n) is 9.53. The topological polar surface area (TPSA) is 66.3 Å². The molecule has 0 spiro atoms. The molecule has 0 aromatic carbocycles. The van der Waals surface area contributed by atoms with E-state index in [-0.39, 0.29) is 17.7 Å². The van der Waals surface area contributed by atoms with Crippen LogP contribution in [0.15, 0.2) is 16.5 Å². The van der Waals surface area contributed by atoms with Crippen molar-refractivity contribution in [1.82, 2.24) is 9.88 Å². The molecule has 5 heteroatoms. The van der Waals surface area contributed by atoms with Crippen LogP contribution in [-0.4, -0.2) is 28.1 Å². The minimum absolute atomic E-state index is 0.00345. The maximum atomic E-state index is 13.5. The van der Waals surface area contributed by atoms with Crippen LogP contribution in [0.1, 0.15) is 89.2 Å². The van der Waals surface area contributed by atoms with E-state index >= 15 is 0 Å². The summed E-state index contributed by atoms with van der Waals surface area (Å²) in [5.41, 5.74) is 2.83. The first kappa shape index (κ1) is 18.5. The second-order valence-electron chi connectivity index (χ2n) is 7.20. The number of likely N-dealkylation sites (tertiary alicyclic amines) is 1. The van der Waals surface area contributed by atoms with E-state index in [1.807, 2.05) is 37.8 Å². The molecule has 3 rings (SSSR count). The SMILES string of the molecule is CCc1c(C(=O)N2CCCCC[C@H]2c2ccc(C)o2)[nH]c(C)c1C(C)=O. The predicted molar refractivity (Wildman–Crippen MR) is 101 cm³/mol. The van der Waals surface area contributed by atoms with Crippen LogP contribution in [0.5, 0.6) is 0 Å². The molecule has 0 radical (unpaired) electrons. The number of carbonyl (C=O) groups is 2. The Morgan fingerprint density at radius 2 is 2.00 bits per heavy atom. The van der Waals surface area contributed by atoms with Gasteiger partial charge in [-0.05, 0) is 57.7 Å². The van der Waals surface area contributed by atoms with Crippen molar-refractivity contribution in [2.45, 2.75) is 65.8 Å². The van der Waals surface area contributed by atoms with E-state index < -0.39 is 0 Å². The maximum Gasteiger partial charge on any atom is 0.271 e.